The first-order chi connectivity index (χ1) is 11.1. The lowest BCUT2D eigenvalue weighted by Crippen LogP contribution is -2.36. The number of carbonyl (C=O) groups excluding carboxylic acids is 1. The number of anilines is 2. The van der Waals surface area contributed by atoms with Gasteiger partial charge in [-0.15, -0.1) is 0 Å². The van der Waals surface area contributed by atoms with Crippen LogP contribution in [-0.2, 0) is 11.8 Å². The molecule has 0 bridgehead atoms. The highest BCUT2D eigenvalue weighted by Crippen LogP contribution is 2.15. The quantitative estimate of drug-likeness (QED) is 0.826. The Morgan fingerprint density at radius 1 is 1.26 bits per heavy atom. The zero-order valence-corrected chi connectivity index (χ0v) is 12.6. The zero-order chi connectivity index (χ0) is 16.2. The maximum absolute atomic E-state index is 12.2. The topological polar surface area (TPSA) is 102 Å². The van der Waals surface area contributed by atoms with Crippen molar-refractivity contribution in [1.82, 2.24) is 19.7 Å². The molecule has 0 unspecified atom stereocenters. The minimum absolute atomic E-state index is 0.138. The van der Waals surface area contributed by atoms with Crippen molar-refractivity contribution in [2.75, 3.05) is 36.5 Å². The highest BCUT2D eigenvalue weighted by molar-refractivity contribution is 6.02. The van der Waals surface area contributed by atoms with Crippen LogP contribution in [0.15, 0.2) is 29.3 Å². The number of carbonyl (C=O) groups is 1. The number of ether oxygens (including phenoxy) is 1. The van der Waals surface area contributed by atoms with Crippen LogP contribution < -0.4 is 15.8 Å². The summed E-state index contributed by atoms with van der Waals surface area (Å²) in [7, 11) is 1.49. The summed E-state index contributed by atoms with van der Waals surface area (Å²) in [6.07, 6.45) is 1.40. The monoisotopic (exact) mass is 316 g/mol. The number of hydrogen-bond donors (Lipinski definition) is 1. The number of aromatic nitrogens is 4. The van der Waals surface area contributed by atoms with Gasteiger partial charge in [0.05, 0.1) is 13.2 Å². The summed E-state index contributed by atoms with van der Waals surface area (Å²) in [5.41, 5.74) is -0.142. The van der Waals surface area contributed by atoms with Gasteiger partial charge in [-0.1, -0.05) is 0 Å². The number of rotatable bonds is 3. The predicted octanol–water partition coefficient (Wildman–Crippen LogP) is -0.341. The van der Waals surface area contributed by atoms with Gasteiger partial charge in [0.25, 0.3) is 11.5 Å². The van der Waals surface area contributed by atoms with Crippen LogP contribution in [0.2, 0.25) is 0 Å². The SMILES string of the molecule is Cn1nc(C(=O)Nc2cc(N3CCOCC3)ncn2)ccc1=O. The van der Waals surface area contributed by atoms with Crippen molar-refractivity contribution in [3.8, 4) is 0 Å². The molecule has 1 fully saturated rings. The van der Waals surface area contributed by atoms with Crippen LogP contribution in [0.1, 0.15) is 10.5 Å². The average molecular weight is 316 g/mol. The standard InChI is InChI=1S/C14H16N6O3/c1-19-13(21)3-2-10(18-19)14(22)17-11-8-12(16-9-15-11)20-4-6-23-7-5-20/h2-3,8-9H,4-7H2,1H3,(H,15,16,17,22). The number of nitrogens with zero attached hydrogens (tertiary/aromatic N) is 5. The molecule has 2 aromatic rings. The Morgan fingerprint density at radius 2 is 2.04 bits per heavy atom. The second-order valence-electron chi connectivity index (χ2n) is 5.00. The van der Waals surface area contributed by atoms with E-state index in [0.717, 1.165) is 23.6 Å². The Bertz CT molecular complexity index is 769. The van der Waals surface area contributed by atoms with E-state index in [0.29, 0.717) is 19.0 Å². The van der Waals surface area contributed by atoms with Gasteiger partial charge < -0.3 is 15.0 Å². The predicted molar refractivity (Wildman–Crippen MR) is 82.5 cm³/mol. The van der Waals surface area contributed by atoms with Crippen LogP contribution in [0, 0.1) is 0 Å². The van der Waals surface area contributed by atoms with Crippen LogP contribution in [-0.4, -0.2) is 52.0 Å². The molecule has 9 heteroatoms. The molecule has 23 heavy (non-hydrogen) atoms. The van der Waals surface area contributed by atoms with E-state index >= 15 is 0 Å². The van der Waals surface area contributed by atoms with Crippen molar-refractivity contribution in [2.24, 2.45) is 7.05 Å². The molecule has 0 aliphatic carbocycles. The Labute approximate surface area is 131 Å². The van der Waals surface area contributed by atoms with Crippen LogP contribution in [0.3, 0.4) is 0 Å². The van der Waals surface area contributed by atoms with E-state index in [9.17, 15) is 9.59 Å². The fraction of sp³-hybridized carbons (Fsp3) is 0.357. The normalized spacial score (nSPS) is 14.6. The second-order valence-corrected chi connectivity index (χ2v) is 5.00. The molecular weight excluding hydrogens is 300 g/mol. The largest absolute Gasteiger partial charge is 0.378 e. The number of amides is 1. The Balaban J connectivity index is 1.75. The summed E-state index contributed by atoms with van der Waals surface area (Å²) in [6.45, 7) is 2.78. The van der Waals surface area contributed by atoms with E-state index < -0.39 is 5.91 Å². The molecule has 3 heterocycles. The van der Waals surface area contributed by atoms with Gasteiger partial charge in [0.2, 0.25) is 0 Å². The second kappa shape index (κ2) is 6.53. The van der Waals surface area contributed by atoms with Gasteiger partial charge in [-0.3, -0.25) is 9.59 Å². The highest BCUT2D eigenvalue weighted by Gasteiger charge is 2.15. The number of aryl methyl sites for hydroxylation is 1. The molecule has 2 aromatic heterocycles. The number of nitrogens with one attached hydrogen (secondary N) is 1. The third-order valence-corrected chi connectivity index (χ3v) is 3.42. The van der Waals surface area contributed by atoms with E-state index in [1.807, 2.05) is 0 Å². The molecule has 0 aromatic carbocycles. The van der Waals surface area contributed by atoms with Gasteiger partial charge in [0.1, 0.15) is 23.7 Å². The van der Waals surface area contributed by atoms with E-state index in [4.69, 9.17) is 4.74 Å². The first-order valence-electron chi connectivity index (χ1n) is 7.14. The molecular formula is C14H16N6O3. The van der Waals surface area contributed by atoms with E-state index in [1.54, 1.807) is 6.07 Å². The van der Waals surface area contributed by atoms with Gasteiger partial charge >= 0.3 is 0 Å². The number of hydrogen-bond acceptors (Lipinski definition) is 7. The molecule has 0 radical (unpaired) electrons. The summed E-state index contributed by atoms with van der Waals surface area (Å²) >= 11 is 0. The molecule has 1 saturated heterocycles. The van der Waals surface area contributed by atoms with Gasteiger partial charge in [-0.25, -0.2) is 14.6 Å². The fourth-order valence-corrected chi connectivity index (χ4v) is 2.18. The third kappa shape index (κ3) is 3.51. The lowest BCUT2D eigenvalue weighted by atomic mass is 10.3. The summed E-state index contributed by atoms with van der Waals surface area (Å²) < 4.78 is 6.41. The first kappa shape index (κ1) is 15.1. The Hall–Kier alpha value is -2.81. The Morgan fingerprint density at radius 3 is 2.78 bits per heavy atom. The molecule has 0 spiro atoms. The van der Waals surface area contributed by atoms with Crippen LogP contribution in [0.25, 0.3) is 0 Å². The minimum atomic E-state index is -0.438. The molecule has 0 saturated carbocycles. The summed E-state index contributed by atoms with van der Waals surface area (Å²) in [4.78, 5) is 33.8. The molecule has 1 aliphatic rings. The van der Waals surface area contributed by atoms with Crippen molar-refractivity contribution in [3.63, 3.8) is 0 Å². The van der Waals surface area contributed by atoms with Gasteiger partial charge in [0, 0.05) is 32.3 Å². The van der Waals surface area contributed by atoms with Crippen molar-refractivity contribution < 1.29 is 9.53 Å². The van der Waals surface area contributed by atoms with Gasteiger partial charge in [0.15, 0.2) is 0 Å². The summed E-state index contributed by atoms with van der Waals surface area (Å²) in [5.74, 6) is 0.668. The van der Waals surface area contributed by atoms with Crippen LogP contribution >= 0.6 is 0 Å². The lowest BCUT2D eigenvalue weighted by Gasteiger charge is -2.27. The lowest BCUT2D eigenvalue weighted by molar-refractivity contribution is 0.101. The first-order valence-corrected chi connectivity index (χ1v) is 7.14. The van der Waals surface area contributed by atoms with Gasteiger partial charge in [-0.05, 0) is 6.07 Å². The summed E-state index contributed by atoms with van der Waals surface area (Å²) in [6, 6.07) is 4.37. The molecule has 1 aliphatic heterocycles. The summed E-state index contributed by atoms with van der Waals surface area (Å²) in [5, 5.41) is 6.56. The van der Waals surface area contributed by atoms with E-state index in [1.165, 1.54) is 25.5 Å². The molecule has 0 atom stereocenters. The third-order valence-electron chi connectivity index (χ3n) is 3.42. The molecule has 1 N–H and O–H groups in total. The fourth-order valence-electron chi connectivity index (χ4n) is 2.18. The van der Waals surface area contributed by atoms with Crippen LogP contribution in [0.5, 0.6) is 0 Å². The minimum Gasteiger partial charge on any atom is -0.378 e. The van der Waals surface area contributed by atoms with Crippen molar-refractivity contribution >= 4 is 17.5 Å². The smallest absolute Gasteiger partial charge is 0.277 e. The van der Waals surface area contributed by atoms with Crippen molar-refractivity contribution in [3.05, 3.63) is 40.6 Å². The van der Waals surface area contributed by atoms with E-state index in [-0.39, 0.29) is 11.3 Å². The molecule has 120 valence electrons. The zero-order valence-electron chi connectivity index (χ0n) is 12.6. The maximum atomic E-state index is 12.2. The highest BCUT2D eigenvalue weighted by atomic mass is 16.5. The Kier molecular flexibility index (Phi) is 4.29. The van der Waals surface area contributed by atoms with Crippen molar-refractivity contribution in [2.45, 2.75) is 0 Å². The van der Waals surface area contributed by atoms with Crippen molar-refractivity contribution in [1.29, 1.82) is 0 Å². The average Bonchev–Trinajstić information content (AvgIpc) is 2.58. The molecule has 1 amide bonds. The van der Waals surface area contributed by atoms with E-state index in [2.05, 4.69) is 25.3 Å². The maximum Gasteiger partial charge on any atom is 0.277 e. The molecule has 3 rings (SSSR count). The number of morpholine rings is 1. The molecule has 9 nitrogen and oxygen atoms in total. The van der Waals surface area contributed by atoms with Crippen LogP contribution in [0.4, 0.5) is 11.6 Å². The van der Waals surface area contributed by atoms with Gasteiger partial charge in [-0.2, -0.15) is 5.10 Å².